The Hall–Kier alpha value is -2.68. The number of sulfonamides is 1. The highest BCUT2D eigenvalue weighted by Crippen LogP contribution is 2.23. The van der Waals surface area contributed by atoms with Crippen LogP contribution in [0, 0.1) is 6.92 Å². The monoisotopic (exact) mass is 458 g/mol. The molecule has 0 bridgehead atoms. The largest absolute Gasteiger partial charge is 0.295 e. The van der Waals surface area contributed by atoms with Crippen molar-refractivity contribution in [2.24, 2.45) is 4.99 Å². The van der Waals surface area contributed by atoms with Crippen LogP contribution in [0.25, 0.3) is 5.69 Å². The highest BCUT2D eigenvalue weighted by atomic mass is 35.5. The zero-order valence-electron chi connectivity index (χ0n) is 17.1. The Morgan fingerprint density at radius 1 is 1.06 bits per heavy atom. The Kier molecular flexibility index (Phi) is 6.13. The molecule has 1 aliphatic heterocycles. The summed E-state index contributed by atoms with van der Waals surface area (Å²) < 4.78 is 28.5. The molecule has 1 saturated heterocycles. The van der Waals surface area contributed by atoms with E-state index in [-0.39, 0.29) is 10.5 Å². The Morgan fingerprint density at radius 3 is 2.45 bits per heavy atom. The number of aryl methyl sites for hydroxylation is 1. The van der Waals surface area contributed by atoms with Gasteiger partial charge >= 0.3 is 0 Å². The lowest BCUT2D eigenvalue weighted by molar-refractivity contribution is 0.346. The van der Waals surface area contributed by atoms with E-state index in [4.69, 9.17) is 11.6 Å². The first kappa shape index (κ1) is 21.5. The smallest absolute Gasteiger partial charge is 0.280 e. The molecule has 0 unspecified atom stereocenters. The summed E-state index contributed by atoms with van der Waals surface area (Å²) in [6.45, 7) is 2.92. The normalized spacial score (nSPS) is 15.5. The highest BCUT2D eigenvalue weighted by molar-refractivity contribution is 7.89. The average Bonchev–Trinajstić information content (AvgIpc) is 3.06. The summed E-state index contributed by atoms with van der Waals surface area (Å²) in [6.07, 6.45) is 4.34. The second-order valence-electron chi connectivity index (χ2n) is 7.49. The molecule has 1 aromatic heterocycles. The van der Waals surface area contributed by atoms with Gasteiger partial charge in [-0.05, 0) is 62.2 Å². The molecule has 31 heavy (non-hydrogen) atoms. The first-order chi connectivity index (χ1) is 14.9. The maximum absolute atomic E-state index is 12.8. The third-order valence-corrected chi connectivity index (χ3v) is 7.46. The fourth-order valence-electron chi connectivity index (χ4n) is 3.61. The summed E-state index contributed by atoms with van der Waals surface area (Å²) in [5, 5.41) is 3.56. The molecule has 162 valence electrons. The number of nitrogens with one attached hydrogen (secondary N) is 1. The van der Waals surface area contributed by atoms with Crippen LogP contribution < -0.4 is 5.56 Å². The van der Waals surface area contributed by atoms with Gasteiger partial charge in [-0.25, -0.2) is 13.1 Å². The minimum Gasteiger partial charge on any atom is -0.295 e. The molecule has 0 saturated carbocycles. The molecule has 4 rings (SSSR count). The van der Waals surface area contributed by atoms with Crippen LogP contribution in [0.5, 0.6) is 0 Å². The standard InChI is InChI=1S/C22H23ClN4O3S/c1-16-21(22(28)27(25-16)19-7-5-6-17(23)14-19)15-24-18-8-10-20(11-9-18)31(29,30)26-12-3-2-4-13-26/h5-11,14-15,25H,2-4,12-13H2,1H3. The number of aliphatic imine (C=N–C) groups is 1. The molecule has 9 heteroatoms. The number of nitrogens with zero attached hydrogens (tertiary/aromatic N) is 3. The summed E-state index contributed by atoms with van der Waals surface area (Å²) in [6, 6.07) is 13.4. The van der Waals surface area contributed by atoms with Gasteiger partial charge in [0, 0.05) is 30.0 Å². The summed E-state index contributed by atoms with van der Waals surface area (Å²) >= 11 is 6.03. The van der Waals surface area contributed by atoms with Crippen LogP contribution >= 0.6 is 11.6 Å². The minimum atomic E-state index is -3.48. The van der Waals surface area contributed by atoms with E-state index in [2.05, 4.69) is 10.1 Å². The van der Waals surface area contributed by atoms with Gasteiger partial charge in [0.2, 0.25) is 10.0 Å². The maximum atomic E-state index is 12.8. The van der Waals surface area contributed by atoms with E-state index in [1.54, 1.807) is 55.5 Å². The molecule has 0 atom stereocenters. The molecule has 0 aliphatic carbocycles. The zero-order chi connectivity index (χ0) is 22.0. The Balaban J connectivity index is 1.56. The maximum Gasteiger partial charge on any atom is 0.280 e. The lowest BCUT2D eigenvalue weighted by Gasteiger charge is -2.25. The molecule has 0 spiro atoms. The molecule has 1 aliphatic rings. The fourth-order valence-corrected chi connectivity index (χ4v) is 5.31. The van der Waals surface area contributed by atoms with Gasteiger partial charge in [0.05, 0.1) is 21.8 Å². The van der Waals surface area contributed by atoms with E-state index >= 15 is 0 Å². The number of hydrogen-bond donors (Lipinski definition) is 1. The van der Waals surface area contributed by atoms with Crippen LogP contribution in [-0.4, -0.2) is 41.8 Å². The molecule has 2 aromatic carbocycles. The lowest BCUT2D eigenvalue weighted by atomic mass is 10.2. The Bertz CT molecular complexity index is 1270. The number of H-pyrrole nitrogens is 1. The van der Waals surface area contributed by atoms with Gasteiger partial charge in [-0.2, -0.15) is 4.31 Å². The summed E-state index contributed by atoms with van der Waals surface area (Å²) in [7, 11) is -3.48. The second-order valence-corrected chi connectivity index (χ2v) is 9.86. The molecular formula is C22H23ClN4O3S. The van der Waals surface area contributed by atoms with Crippen molar-refractivity contribution in [2.45, 2.75) is 31.1 Å². The number of hydrogen-bond acceptors (Lipinski definition) is 4. The van der Waals surface area contributed by atoms with Crippen LogP contribution in [0.3, 0.4) is 0 Å². The molecule has 0 amide bonds. The predicted octanol–water partition coefficient (Wildman–Crippen LogP) is 4.05. The summed E-state index contributed by atoms with van der Waals surface area (Å²) in [5.74, 6) is 0. The molecule has 7 nitrogen and oxygen atoms in total. The van der Waals surface area contributed by atoms with Crippen molar-refractivity contribution in [3.8, 4) is 5.69 Å². The zero-order valence-corrected chi connectivity index (χ0v) is 18.7. The topological polar surface area (TPSA) is 87.5 Å². The summed E-state index contributed by atoms with van der Waals surface area (Å²) in [4.78, 5) is 17.4. The van der Waals surface area contributed by atoms with Gasteiger partial charge in [-0.3, -0.25) is 14.9 Å². The van der Waals surface area contributed by atoms with E-state index in [0.717, 1.165) is 19.3 Å². The number of halogens is 1. The first-order valence-electron chi connectivity index (χ1n) is 10.1. The highest BCUT2D eigenvalue weighted by Gasteiger charge is 2.25. The number of aromatic amines is 1. The third kappa shape index (κ3) is 4.51. The number of piperidine rings is 1. The molecule has 2 heterocycles. The first-order valence-corrected chi connectivity index (χ1v) is 11.9. The Labute approximate surface area is 186 Å². The predicted molar refractivity (Wildman–Crippen MR) is 122 cm³/mol. The van der Waals surface area contributed by atoms with E-state index in [0.29, 0.717) is 40.7 Å². The third-order valence-electron chi connectivity index (χ3n) is 5.32. The van der Waals surface area contributed by atoms with Crippen LogP contribution in [0.15, 0.2) is 63.2 Å². The van der Waals surface area contributed by atoms with Gasteiger partial charge in [0.1, 0.15) is 0 Å². The quantitative estimate of drug-likeness (QED) is 0.585. The van der Waals surface area contributed by atoms with Gasteiger partial charge in [0.25, 0.3) is 5.56 Å². The van der Waals surface area contributed by atoms with E-state index in [1.165, 1.54) is 15.2 Å². The van der Waals surface area contributed by atoms with E-state index in [9.17, 15) is 13.2 Å². The van der Waals surface area contributed by atoms with Gasteiger partial charge < -0.3 is 0 Å². The van der Waals surface area contributed by atoms with Crippen LogP contribution in [-0.2, 0) is 10.0 Å². The lowest BCUT2D eigenvalue weighted by Crippen LogP contribution is -2.35. The van der Waals surface area contributed by atoms with Crippen LogP contribution in [0.1, 0.15) is 30.5 Å². The summed E-state index contributed by atoms with van der Waals surface area (Å²) in [5.41, 5.74) is 2.04. The van der Waals surface area contributed by atoms with E-state index in [1.807, 2.05) is 0 Å². The van der Waals surface area contributed by atoms with Crippen molar-refractivity contribution in [1.29, 1.82) is 0 Å². The molecular weight excluding hydrogens is 436 g/mol. The molecule has 0 radical (unpaired) electrons. The van der Waals surface area contributed by atoms with Crippen molar-refractivity contribution < 1.29 is 8.42 Å². The van der Waals surface area contributed by atoms with Gasteiger partial charge in [0.15, 0.2) is 0 Å². The van der Waals surface area contributed by atoms with Crippen LogP contribution in [0.4, 0.5) is 5.69 Å². The minimum absolute atomic E-state index is 0.243. The molecule has 1 fully saturated rings. The number of aromatic nitrogens is 2. The van der Waals surface area contributed by atoms with E-state index < -0.39 is 10.0 Å². The second kappa shape index (κ2) is 8.82. The van der Waals surface area contributed by atoms with Gasteiger partial charge in [-0.15, -0.1) is 0 Å². The van der Waals surface area contributed by atoms with Gasteiger partial charge in [-0.1, -0.05) is 24.1 Å². The average molecular weight is 459 g/mol. The van der Waals surface area contributed by atoms with Crippen molar-refractivity contribution in [2.75, 3.05) is 13.1 Å². The molecule has 1 N–H and O–H groups in total. The van der Waals surface area contributed by atoms with Crippen LogP contribution in [0.2, 0.25) is 5.02 Å². The Morgan fingerprint density at radius 2 is 1.77 bits per heavy atom. The van der Waals surface area contributed by atoms with Crippen molar-refractivity contribution >= 4 is 33.5 Å². The fraction of sp³-hybridized carbons (Fsp3) is 0.273. The van der Waals surface area contributed by atoms with Crippen molar-refractivity contribution in [1.82, 2.24) is 14.1 Å². The SMILES string of the molecule is Cc1[nH]n(-c2cccc(Cl)c2)c(=O)c1C=Nc1ccc(S(=O)(=O)N2CCCCC2)cc1. The van der Waals surface area contributed by atoms with Crippen molar-refractivity contribution in [3.63, 3.8) is 0 Å². The number of rotatable bonds is 5. The number of benzene rings is 2. The van der Waals surface area contributed by atoms with Crippen molar-refractivity contribution in [3.05, 3.63) is 75.2 Å². The molecule has 3 aromatic rings.